The van der Waals surface area contributed by atoms with Crippen molar-refractivity contribution in [3.8, 4) is 11.4 Å². The van der Waals surface area contributed by atoms with E-state index in [1.807, 2.05) is 6.07 Å². The molecule has 2 heterocycles. The minimum atomic E-state index is -0.508. The smallest absolute Gasteiger partial charge is 0.361 e. The average molecular weight is 290 g/mol. The molecule has 0 aromatic carbocycles. The number of aliphatic hydroxyl groups is 1. The number of esters is 1. The Morgan fingerprint density at radius 3 is 2.90 bits per heavy atom. The van der Waals surface area contributed by atoms with Gasteiger partial charge in [-0.1, -0.05) is 11.3 Å². The Hall–Kier alpha value is -2.28. The fourth-order valence-corrected chi connectivity index (χ4v) is 1.94. The molecule has 0 saturated carbocycles. The standard InChI is InChI=1S/C14H18N4O3/c1-2-21-14(20)12-13(11-7-3-4-8-15-11)18(17-16-12)9-5-6-10-19/h3-4,7-8,19H,2,5-6,9-10H2,1H3. The fourth-order valence-electron chi connectivity index (χ4n) is 1.94. The number of unbranched alkanes of at least 4 members (excludes halogenated alkanes) is 1. The second-order valence-corrected chi connectivity index (χ2v) is 4.38. The van der Waals surface area contributed by atoms with Crippen LogP contribution in [0.4, 0.5) is 0 Å². The van der Waals surface area contributed by atoms with Crippen LogP contribution in [-0.2, 0) is 11.3 Å². The number of rotatable bonds is 7. The van der Waals surface area contributed by atoms with Crippen molar-refractivity contribution in [2.75, 3.05) is 13.2 Å². The second-order valence-electron chi connectivity index (χ2n) is 4.38. The zero-order chi connectivity index (χ0) is 15.1. The number of hydrogen-bond donors (Lipinski definition) is 1. The van der Waals surface area contributed by atoms with Gasteiger partial charge < -0.3 is 9.84 Å². The van der Waals surface area contributed by atoms with Crippen LogP contribution in [0.2, 0.25) is 0 Å². The van der Waals surface area contributed by atoms with E-state index < -0.39 is 5.97 Å². The van der Waals surface area contributed by atoms with Crippen LogP contribution in [-0.4, -0.2) is 44.3 Å². The highest BCUT2D eigenvalue weighted by atomic mass is 16.5. The summed E-state index contributed by atoms with van der Waals surface area (Å²) in [5, 5.41) is 16.8. The maximum absolute atomic E-state index is 12.0. The van der Waals surface area contributed by atoms with Crippen LogP contribution in [0.1, 0.15) is 30.3 Å². The number of ether oxygens (including phenoxy) is 1. The van der Waals surface area contributed by atoms with Gasteiger partial charge in [-0.25, -0.2) is 9.48 Å². The van der Waals surface area contributed by atoms with Crippen molar-refractivity contribution in [2.45, 2.75) is 26.3 Å². The predicted molar refractivity (Wildman–Crippen MR) is 75.5 cm³/mol. The fraction of sp³-hybridized carbons (Fsp3) is 0.429. The quantitative estimate of drug-likeness (QED) is 0.610. The van der Waals surface area contributed by atoms with Crippen LogP contribution in [0, 0.1) is 0 Å². The van der Waals surface area contributed by atoms with Crippen LogP contribution in [0.3, 0.4) is 0 Å². The first-order chi connectivity index (χ1) is 10.3. The van der Waals surface area contributed by atoms with Crippen molar-refractivity contribution in [1.29, 1.82) is 0 Å². The summed E-state index contributed by atoms with van der Waals surface area (Å²) in [6, 6.07) is 5.43. The number of carbonyl (C=O) groups excluding carboxylic acids is 1. The van der Waals surface area contributed by atoms with E-state index in [0.29, 0.717) is 24.4 Å². The Balaban J connectivity index is 2.35. The lowest BCUT2D eigenvalue weighted by Crippen LogP contribution is -2.09. The molecule has 0 unspecified atom stereocenters. The van der Waals surface area contributed by atoms with Crippen LogP contribution in [0.25, 0.3) is 11.4 Å². The van der Waals surface area contributed by atoms with Crippen molar-refractivity contribution in [2.24, 2.45) is 0 Å². The largest absolute Gasteiger partial charge is 0.461 e. The number of aliphatic hydroxyl groups excluding tert-OH is 1. The number of carbonyl (C=O) groups is 1. The van der Waals surface area contributed by atoms with Gasteiger partial charge in [-0.2, -0.15) is 0 Å². The van der Waals surface area contributed by atoms with Crippen molar-refractivity contribution in [3.05, 3.63) is 30.1 Å². The van der Waals surface area contributed by atoms with Gasteiger partial charge in [0.1, 0.15) is 5.69 Å². The molecule has 0 spiro atoms. The summed E-state index contributed by atoms with van der Waals surface area (Å²) in [6.07, 6.45) is 3.05. The minimum absolute atomic E-state index is 0.123. The number of aromatic nitrogens is 4. The van der Waals surface area contributed by atoms with Crippen LogP contribution in [0.15, 0.2) is 24.4 Å². The molecule has 0 aliphatic heterocycles. The first kappa shape index (κ1) is 15.1. The van der Waals surface area contributed by atoms with E-state index >= 15 is 0 Å². The van der Waals surface area contributed by atoms with E-state index in [2.05, 4.69) is 15.3 Å². The molecule has 0 amide bonds. The third-order valence-electron chi connectivity index (χ3n) is 2.89. The molecule has 0 radical (unpaired) electrons. The Labute approximate surface area is 122 Å². The van der Waals surface area contributed by atoms with Crippen LogP contribution in [0.5, 0.6) is 0 Å². The van der Waals surface area contributed by atoms with Crippen LogP contribution < -0.4 is 0 Å². The average Bonchev–Trinajstić information content (AvgIpc) is 2.93. The lowest BCUT2D eigenvalue weighted by atomic mass is 10.2. The van der Waals surface area contributed by atoms with E-state index in [0.717, 1.165) is 6.42 Å². The van der Waals surface area contributed by atoms with E-state index in [1.165, 1.54) is 0 Å². The van der Waals surface area contributed by atoms with Gasteiger partial charge in [-0.15, -0.1) is 5.10 Å². The molecule has 0 aliphatic rings. The molecule has 2 aromatic heterocycles. The zero-order valence-corrected chi connectivity index (χ0v) is 11.9. The highest BCUT2D eigenvalue weighted by Crippen LogP contribution is 2.21. The summed E-state index contributed by atoms with van der Waals surface area (Å²) in [6.45, 7) is 2.69. The van der Waals surface area contributed by atoms with Crippen molar-refractivity contribution in [3.63, 3.8) is 0 Å². The minimum Gasteiger partial charge on any atom is -0.461 e. The Kier molecular flexibility index (Phi) is 5.39. The predicted octanol–water partition coefficient (Wildman–Crippen LogP) is 1.29. The maximum Gasteiger partial charge on any atom is 0.361 e. The first-order valence-electron chi connectivity index (χ1n) is 6.90. The Bertz CT molecular complexity index is 583. The summed E-state index contributed by atoms with van der Waals surface area (Å²) >= 11 is 0. The molecular formula is C14H18N4O3. The molecule has 0 aliphatic carbocycles. The molecule has 2 rings (SSSR count). The highest BCUT2D eigenvalue weighted by molar-refractivity contribution is 5.93. The van der Waals surface area contributed by atoms with Gasteiger partial charge in [0.2, 0.25) is 0 Å². The van der Waals surface area contributed by atoms with E-state index in [-0.39, 0.29) is 18.9 Å². The lowest BCUT2D eigenvalue weighted by Gasteiger charge is -2.07. The van der Waals surface area contributed by atoms with E-state index in [1.54, 1.807) is 29.9 Å². The summed E-state index contributed by atoms with van der Waals surface area (Å²) in [4.78, 5) is 16.2. The van der Waals surface area contributed by atoms with Gasteiger partial charge >= 0.3 is 5.97 Å². The lowest BCUT2D eigenvalue weighted by molar-refractivity contribution is 0.0520. The summed E-state index contributed by atoms with van der Waals surface area (Å²) in [5.74, 6) is -0.508. The van der Waals surface area contributed by atoms with Gasteiger partial charge in [0.15, 0.2) is 5.69 Å². The van der Waals surface area contributed by atoms with E-state index in [4.69, 9.17) is 9.84 Å². The highest BCUT2D eigenvalue weighted by Gasteiger charge is 2.22. The molecule has 0 bridgehead atoms. The normalized spacial score (nSPS) is 10.6. The summed E-state index contributed by atoms with van der Waals surface area (Å²) in [7, 11) is 0. The third kappa shape index (κ3) is 3.63. The molecule has 112 valence electrons. The van der Waals surface area contributed by atoms with Crippen molar-refractivity contribution >= 4 is 5.97 Å². The summed E-state index contributed by atoms with van der Waals surface area (Å²) in [5.41, 5.74) is 1.33. The number of nitrogens with zero attached hydrogens (tertiary/aromatic N) is 4. The number of hydrogen-bond acceptors (Lipinski definition) is 6. The Morgan fingerprint density at radius 2 is 2.24 bits per heavy atom. The zero-order valence-electron chi connectivity index (χ0n) is 11.9. The monoisotopic (exact) mass is 290 g/mol. The molecular weight excluding hydrogens is 272 g/mol. The SMILES string of the molecule is CCOC(=O)c1nnn(CCCCO)c1-c1ccccn1. The first-order valence-corrected chi connectivity index (χ1v) is 6.90. The van der Waals surface area contributed by atoms with Crippen molar-refractivity contribution < 1.29 is 14.6 Å². The molecule has 0 atom stereocenters. The van der Waals surface area contributed by atoms with Gasteiger partial charge in [-0.3, -0.25) is 4.98 Å². The molecule has 0 fully saturated rings. The van der Waals surface area contributed by atoms with Gasteiger partial charge in [-0.05, 0) is 31.9 Å². The number of aryl methyl sites for hydroxylation is 1. The van der Waals surface area contributed by atoms with Crippen molar-refractivity contribution in [1.82, 2.24) is 20.0 Å². The summed E-state index contributed by atoms with van der Waals surface area (Å²) < 4.78 is 6.64. The van der Waals surface area contributed by atoms with Gasteiger partial charge in [0.05, 0.1) is 12.3 Å². The van der Waals surface area contributed by atoms with Crippen LogP contribution >= 0.6 is 0 Å². The number of pyridine rings is 1. The maximum atomic E-state index is 12.0. The topological polar surface area (TPSA) is 90.1 Å². The molecule has 7 heteroatoms. The molecule has 1 N–H and O–H groups in total. The Morgan fingerprint density at radius 1 is 1.38 bits per heavy atom. The second kappa shape index (κ2) is 7.49. The van der Waals surface area contributed by atoms with Gasteiger partial charge in [0, 0.05) is 19.3 Å². The van der Waals surface area contributed by atoms with Gasteiger partial charge in [0.25, 0.3) is 0 Å². The molecule has 2 aromatic rings. The molecule has 21 heavy (non-hydrogen) atoms. The molecule has 7 nitrogen and oxygen atoms in total. The van der Waals surface area contributed by atoms with E-state index in [9.17, 15) is 4.79 Å². The third-order valence-corrected chi connectivity index (χ3v) is 2.89. The molecule has 0 saturated heterocycles.